The van der Waals surface area contributed by atoms with E-state index in [0.717, 1.165) is 18.5 Å². The molecule has 1 heterocycles. The number of nitrogens with zero attached hydrogens (tertiary/aromatic N) is 1. The Morgan fingerprint density at radius 1 is 1.48 bits per heavy atom. The number of hydrogen-bond donors (Lipinski definition) is 1. The molecule has 1 fully saturated rings. The van der Waals surface area contributed by atoms with Gasteiger partial charge < -0.3 is 10.1 Å². The number of rotatable bonds is 4. The summed E-state index contributed by atoms with van der Waals surface area (Å²) in [6.45, 7) is 2.16. The van der Waals surface area contributed by atoms with Crippen molar-refractivity contribution in [2.45, 2.75) is 38.1 Å². The smallest absolute Gasteiger partial charge is 0.331 e. The molecule has 0 spiro atoms. The molecule has 5 nitrogen and oxygen atoms in total. The molecule has 21 heavy (non-hydrogen) atoms. The Hall–Kier alpha value is -1.69. The lowest BCUT2D eigenvalue weighted by Gasteiger charge is -2.37. The molecular formula is C15H20N2O3S. The highest BCUT2D eigenvalue weighted by molar-refractivity contribution is 7.07. The second-order valence-electron chi connectivity index (χ2n) is 5.49. The van der Waals surface area contributed by atoms with Crippen LogP contribution in [0.3, 0.4) is 0 Å². The normalized spacial score (nSPS) is 25.7. The van der Waals surface area contributed by atoms with Crippen molar-refractivity contribution in [3.63, 3.8) is 0 Å². The fourth-order valence-electron chi connectivity index (χ4n) is 2.57. The fourth-order valence-corrected chi connectivity index (χ4v) is 3.10. The third-order valence-electron chi connectivity index (χ3n) is 3.92. The van der Waals surface area contributed by atoms with Crippen molar-refractivity contribution in [3.8, 4) is 0 Å². The van der Waals surface area contributed by atoms with Crippen LogP contribution in [0.2, 0.25) is 0 Å². The van der Waals surface area contributed by atoms with Crippen molar-refractivity contribution in [1.29, 1.82) is 0 Å². The fraction of sp³-hybridized carbons (Fsp3) is 0.533. The summed E-state index contributed by atoms with van der Waals surface area (Å²) in [5.41, 5.74) is 1.56. The number of nitrogens with one attached hydrogen (secondary N) is 1. The Kier molecular flexibility index (Phi) is 5.12. The molecule has 114 valence electrons. The molecule has 0 radical (unpaired) electrons. The number of aromatic nitrogens is 1. The summed E-state index contributed by atoms with van der Waals surface area (Å²) < 4.78 is 4.89. The number of ether oxygens (including phenoxy) is 1. The van der Waals surface area contributed by atoms with Gasteiger partial charge in [-0.2, -0.15) is 0 Å². The summed E-state index contributed by atoms with van der Waals surface area (Å²) in [5, 5.41) is 4.69. The zero-order valence-corrected chi connectivity index (χ0v) is 13.1. The van der Waals surface area contributed by atoms with Gasteiger partial charge in [0.25, 0.3) is 0 Å². The van der Waals surface area contributed by atoms with Gasteiger partial charge in [-0.1, -0.05) is 6.92 Å². The van der Waals surface area contributed by atoms with Crippen LogP contribution >= 0.6 is 11.3 Å². The molecule has 6 heteroatoms. The summed E-state index contributed by atoms with van der Waals surface area (Å²) in [4.78, 5) is 28.2. The van der Waals surface area contributed by atoms with E-state index in [2.05, 4.69) is 17.2 Å². The van der Waals surface area contributed by atoms with E-state index in [1.54, 1.807) is 11.6 Å². The minimum atomic E-state index is -0.884. The van der Waals surface area contributed by atoms with Gasteiger partial charge in [0.2, 0.25) is 5.91 Å². The SMILES string of the molecule is COC(=O)C1(NC(=O)/C=C\c2cscn2)CCC(C)CC1. The topological polar surface area (TPSA) is 68.3 Å². The maximum absolute atomic E-state index is 12.1. The van der Waals surface area contributed by atoms with Gasteiger partial charge in [0.15, 0.2) is 0 Å². The lowest BCUT2D eigenvalue weighted by atomic mass is 9.77. The van der Waals surface area contributed by atoms with Crippen molar-refractivity contribution in [2.24, 2.45) is 5.92 Å². The zero-order chi connectivity index (χ0) is 15.3. The molecule has 0 aromatic carbocycles. The molecule has 1 aromatic heterocycles. The quantitative estimate of drug-likeness (QED) is 0.685. The monoisotopic (exact) mass is 308 g/mol. The number of esters is 1. The average molecular weight is 308 g/mol. The predicted molar refractivity (Wildman–Crippen MR) is 81.7 cm³/mol. The minimum Gasteiger partial charge on any atom is -0.467 e. The molecule has 1 amide bonds. The van der Waals surface area contributed by atoms with E-state index in [-0.39, 0.29) is 11.9 Å². The lowest BCUT2D eigenvalue weighted by molar-refractivity contribution is -0.152. The summed E-state index contributed by atoms with van der Waals surface area (Å²) >= 11 is 1.47. The Balaban J connectivity index is 2.05. The van der Waals surface area contributed by atoms with E-state index in [0.29, 0.717) is 18.8 Å². The van der Waals surface area contributed by atoms with Crippen molar-refractivity contribution >= 4 is 29.3 Å². The highest BCUT2D eigenvalue weighted by atomic mass is 32.1. The van der Waals surface area contributed by atoms with Crippen LogP contribution in [0.25, 0.3) is 6.08 Å². The van der Waals surface area contributed by atoms with E-state index < -0.39 is 5.54 Å². The lowest BCUT2D eigenvalue weighted by Crippen LogP contribution is -2.56. The molecule has 0 unspecified atom stereocenters. The van der Waals surface area contributed by atoms with Crippen LogP contribution in [-0.4, -0.2) is 29.5 Å². The Labute approximate surface area is 128 Å². The first-order valence-corrected chi connectivity index (χ1v) is 7.97. The van der Waals surface area contributed by atoms with Gasteiger partial charge in [0.1, 0.15) is 5.54 Å². The van der Waals surface area contributed by atoms with Crippen molar-refractivity contribution in [3.05, 3.63) is 22.7 Å². The van der Waals surface area contributed by atoms with Crippen LogP contribution in [0, 0.1) is 5.92 Å². The zero-order valence-electron chi connectivity index (χ0n) is 12.3. The van der Waals surface area contributed by atoms with Gasteiger partial charge in [-0.3, -0.25) is 4.79 Å². The molecule has 0 bridgehead atoms. The largest absolute Gasteiger partial charge is 0.467 e. The van der Waals surface area contributed by atoms with Gasteiger partial charge >= 0.3 is 5.97 Å². The van der Waals surface area contributed by atoms with Crippen molar-refractivity contribution in [1.82, 2.24) is 10.3 Å². The summed E-state index contributed by atoms with van der Waals surface area (Å²) in [6, 6.07) is 0. The number of thiazole rings is 1. The Bertz CT molecular complexity index is 517. The standard InChI is InChI=1S/C15H20N2O3S/c1-11-5-7-15(8-6-11,14(19)20-2)17-13(18)4-3-12-9-21-10-16-12/h3-4,9-11H,5-8H2,1-2H3,(H,17,18)/b4-3-. The van der Waals surface area contributed by atoms with Gasteiger partial charge in [-0.15, -0.1) is 11.3 Å². The molecule has 0 aliphatic heterocycles. The Morgan fingerprint density at radius 2 is 2.19 bits per heavy atom. The second-order valence-corrected chi connectivity index (χ2v) is 6.21. The summed E-state index contributed by atoms with van der Waals surface area (Å²) in [5.74, 6) is -0.0713. The van der Waals surface area contributed by atoms with Gasteiger partial charge in [-0.25, -0.2) is 9.78 Å². The van der Waals surface area contributed by atoms with E-state index >= 15 is 0 Å². The predicted octanol–water partition coefficient (Wildman–Crippen LogP) is 2.39. The minimum absolute atomic E-state index is 0.289. The molecule has 0 atom stereocenters. The van der Waals surface area contributed by atoms with Crippen LogP contribution in [-0.2, 0) is 14.3 Å². The number of hydrogen-bond acceptors (Lipinski definition) is 5. The number of carbonyl (C=O) groups is 2. The number of methoxy groups -OCH3 is 1. The van der Waals surface area contributed by atoms with Crippen LogP contribution in [0.5, 0.6) is 0 Å². The molecule has 0 saturated heterocycles. The summed E-state index contributed by atoms with van der Waals surface area (Å²) in [7, 11) is 1.36. The van der Waals surface area contributed by atoms with E-state index in [9.17, 15) is 9.59 Å². The van der Waals surface area contributed by atoms with Gasteiger partial charge in [-0.05, 0) is 37.7 Å². The maximum atomic E-state index is 12.1. The Morgan fingerprint density at radius 3 is 2.76 bits per heavy atom. The third kappa shape index (κ3) is 3.91. The number of amides is 1. The first kappa shape index (κ1) is 15.7. The average Bonchev–Trinajstić information content (AvgIpc) is 3.00. The molecular weight excluding hydrogens is 288 g/mol. The first-order chi connectivity index (χ1) is 10.1. The molecule has 1 N–H and O–H groups in total. The van der Waals surface area contributed by atoms with Crippen molar-refractivity contribution in [2.75, 3.05) is 7.11 Å². The second kappa shape index (κ2) is 6.85. The third-order valence-corrected chi connectivity index (χ3v) is 4.53. The first-order valence-electron chi connectivity index (χ1n) is 7.02. The molecule has 1 aliphatic carbocycles. The molecule has 1 saturated carbocycles. The van der Waals surface area contributed by atoms with Crippen molar-refractivity contribution < 1.29 is 14.3 Å². The maximum Gasteiger partial charge on any atom is 0.331 e. The van der Waals surface area contributed by atoms with E-state index in [1.807, 2.05) is 5.38 Å². The molecule has 1 aromatic rings. The molecule has 2 rings (SSSR count). The van der Waals surface area contributed by atoms with E-state index in [4.69, 9.17) is 4.74 Å². The van der Waals surface area contributed by atoms with Crippen LogP contribution in [0.4, 0.5) is 0 Å². The van der Waals surface area contributed by atoms with Gasteiger partial charge in [0.05, 0.1) is 18.3 Å². The number of carbonyl (C=O) groups excluding carboxylic acids is 2. The van der Waals surface area contributed by atoms with Gasteiger partial charge in [0, 0.05) is 11.5 Å². The van der Waals surface area contributed by atoms with Crippen LogP contribution < -0.4 is 5.32 Å². The highest BCUT2D eigenvalue weighted by Gasteiger charge is 2.43. The molecule has 1 aliphatic rings. The van der Waals surface area contributed by atoms with E-state index in [1.165, 1.54) is 24.5 Å². The highest BCUT2D eigenvalue weighted by Crippen LogP contribution is 2.32. The van der Waals surface area contributed by atoms with Crippen LogP contribution in [0.1, 0.15) is 38.3 Å². The van der Waals surface area contributed by atoms with Crippen LogP contribution in [0.15, 0.2) is 17.0 Å². The summed E-state index contributed by atoms with van der Waals surface area (Å²) in [6.07, 6.45) is 6.12.